The van der Waals surface area contributed by atoms with Gasteiger partial charge < -0.3 is 19.3 Å². The molecule has 0 aliphatic rings. The molecule has 3 rings (SSSR count). The molecule has 0 bridgehead atoms. The van der Waals surface area contributed by atoms with Crippen molar-refractivity contribution in [3.63, 3.8) is 0 Å². The molecule has 39 heavy (non-hydrogen) atoms. The van der Waals surface area contributed by atoms with E-state index in [1.807, 2.05) is 54.6 Å². The van der Waals surface area contributed by atoms with E-state index in [1.165, 1.54) is 26.2 Å². The molecule has 11 heteroatoms. The molecule has 0 saturated carbocycles. The minimum Gasteiger partial charge on any atom is -0.468 e. The van der Waals surface area contributed by atoms with Crippen LogP contribution in [0.5, 0.6) is 17.2 Å². The summed E-state index contributed by atoms with van der Waals surface area (Å²) in [6.45, 7) is 3.55. The van der Waals surface area contributed by atoms with Crippen molar-refractivity contribution < 1.29 is 32.7 Å². The molecule has 0 aliphatic heterocycles. The van der Waals surface area contributed by atoms with Gasteiger partial charge >= 0.3 is 13.7 Å². The standard InChI is InChI=1S/C28H32ClN2O7P/c1-20(22-9-7-12-26(19-22)37-24-10-5-4-6-11-24)27(32)30-17-8-18-36-39(34,31-21(2)28(33)35-3)38-25-15-13-23(29)14-16-25/h4-7,9-16,19-21H,8,17-18H2,1-3H3,(H,30,32)(H,31,34)/t20?,21-,39?/m0/s1. The van der Waals surface area contributed by atoms with Crippen LogP contribution in [0, 0.1) is 0 Å². The number of para-hydroxylation sites is 1. The first-order valence-corrected chi connectivity index (χ1v) is 14.3. The van der Waals surface area contributed by atoms with Gasteiger partial charge in [0.15, 0.2) is 0 Å². The van der Waals surface area contributed by atoms with Crippen LogP contribution < -0.4 is 19.7 Å². The molecule has 0 fully saturated rings. The highest BCUT2D eigenvalue weighted by molar-refractivity contribution is 7.52. The van der Waals surface area contributed by atoms with Crippen LogP contribution in [0.15, 0.2) is 78.9 Å². The summed E-state index contributed by atoms with van der Waals surface area (Å²) in [6, 6.07) is 22.0. The lowest BCUT2D eigenvalue weighted by atomic mass is 10.00. The summed E-state index contributed by atoms with van der Waals surface area (Å²) < 4.78 is 35.0. The van der Waals surface area contributed by atoms with Gasteiger partial charge in [-0.25, -0.2) is 4.57 Å². The van der Waals surface area contributed by atoms with Crippen molar-refractivity contribution in [2.45, 2.75) is 32.2 Å². The third kappa shape index (κ3) is 9.71. The Bertz CT molecular complexity index is 1270. The molecule has 1 amide bonds. The molecule has 3 aromatic carbocycles. The quantitative estimate of drug-likeness (QED) is 0.135. The predicted octanol–water partition coefficient (Wildman–Crippen LogP) is 6.10. The number of nitrogens with one attached hydrogen (secondary N) is 2. The van der Waals surface area contributed by atoms with Crippen LogP contribution in [-0.2, 0) is 23.4 Å². The summed E-state index contributed by atoms with van der Waals surface area (Å²) in [4.78, 5) is 24.6. The zero-order chi connectivity index (χ0) is 28.3. The summed E-state index contributed by atoms with van der Waals surface area (Å²) in [5.74, 6) is 0.361. The van der Waals surface area contributed by atoms with E-state index in [0.717, 1.165) is 5.56 Å². The summed E-state index contributed by atoms with van der Waals surface area (Å²) in [6.07, 6.45) is 0.345. The number of carbonyl (C=O) groups is 2. The largest absolute Gasteiger partial charge is 0.468 e. The molecule has 9 nitrogen and oxygen atoms in total. The molecule has 3 atom stereocenters. The molecule has 0 spiro atoms. The van der Waals surface area contributed by atoms with Crippen molar-refractivity contribution in [2.24, 2.45) is 0 Å². The van der Waals surface area contributed by atoms with Crippen LogP contribution in [0.3, 0.4) is 0 Å². The molecule has 3 aromatic rings. The highest BCUT2D eigenvalue weighted by Crippen LogP contribution is 2.45. The number of methoxy groups -OCH3 is 1. The fraction of sp³-hybridized carbons (Fsp3) is 0.286. The van der Waals surface area contributed by atoms with Crippen molar-refractivity contribution in [1.29, 1.82) is 0 Å². The van der Waals surface area contributed by atoms with Crippen molar-refractivity contribution in [2.75, 3.05) is 20.3 Å². The van der Waals surface area contributed by atoms with Crippen molar-refractivity contribution >= 4 is 31.2 Å². The molecular weight excluding hydrogens is 543 g/mol. The number of benzene rings is 3. The maximum Gasteiger partial charge on any atom is 0.459 e. The normalized spacial score (nSPS) is 13.9. The van der Waals surface area contributed by atoms with E-state index < -0.39 is 25.7 Å². The number of carbonyl (C=O) groups excluding carboxylic acids is 2. The Kier molecular flexibility index (Phi) is 11.4. The smallest absolute Gasteiger partial charge is 0.459 e. The van der Waals surface area contributed by atoms with Gasteiger partial charge in [-0.15, -0.1) is 0 Å². The lowest BCUT2D eigenvalue weighted by Crippen LogP contribution is -2.34. The second kappa shape index (κ2) is 14.7. The fourth-order valence-corrected chi connectivity index (χ4v) is 5.09. The second-order valence-corrected chi connectivity index (χ2v) is 10.7. The number of hydrogen-bond acceptors (Lipinski definition) is 7. The van der Waals surface area contributed by atoms with Crippen LogP contribution in [0.1, 0.15) is 31.7 Å². The molecule has 0 aliphatic carbocycles. The SMILES string of the molecule is COC(=O)[C@H](C)NP(=O)(OCCCNC(=O)C(C)c1cccc(Oc2ccccc2)c1)Oc1ccc(Cl)cc1. The Labute approximate surface area is 233 Å². The van der Waals surface area contributed by atoms with E-state index in [1.54, 1.807) is 19.1 Å². The van der Waals surface area contributed by atoms with Crippen LogP contribution in [0.2, 0.25) is 5.02 Å². The number of esters is 1. The highest BCUT2D eigenvalue weighted by atomic mass is 35.5. The molecule has 0 radical (unpaired) electrons. The first kappa shape index (κ1) is 30.2. The molecule has 2 N–H and O–H groups in total. The molecular formula is C28H32ClN2O7P. The fourth-order valence-electron chi connectivity index (χ4n) is 3.44. The van der Waals surface area contributed by atoms with Gasteiger partial charge in [-0.1, -0.05) is 41.9 Å². The van der Waals surface area contributed by atoms with Crippen LogP contribution in [-0.4, -0.2) is 38.2 Å². The molecule has 0 heterocycles. The van der Waals surface area contributed by atoms with Gasteiger partial charge in [0.2, 0.25) is 5.91 Å². The molecule has 2 unspecified atom stereocenters. The van der Waals surface area contributed by atoms with Gasteiger partial charge in [0.05, 0.1) is 19.6 Å². The Morgan fingerprint density at radius 2 is 1.62 bits per heavy atom. The summed E-state index contributed by atoms with van der Waals surface area (Å²) in [5.41, 5.74) is 0.805. The van der Waals surface area contributed by atoms with E-state index in [4.69, 9.17) is 25.4 Å². The van der Waals surface area contributed by atoms with Crippen LogP contribution in [0.25, 0.3) is 0 Å². The molecule has 0 aromatic heterocycles. The Balaban J connectivity index is 1.51. The van der Waals surface area contributed by atoms with E-state index in [9.17, 15) is 14.2 Å². The Morgan fingerprint density at radius 1 is 0.923 bits per heavy atom. The molecule has 208 valence electrons. The van der Waals surface area contributed by atoms with Gasteiger partial charge in [0.1, 0.15) is 23.3 Å². The minimum absolute atomic E-state index is 0.0131. The van der Waals surface area contributed by atoms with Crippen molar-refractivity contribution in [3.05, 3.63) is 89.4 Å². The van der Waals surface area contributed by atoms with E-state index in [-0.39, 0.29) is 24.8 Å². The Hall–Kier alpha value is -3.36. The second-order valence-electron chi connectivity index (χ2n) is 8.60. The average molecular weight is 575 g/mol. The van der Waals surface area contributed by atoms with Gasteiger partial charge in [-0.3, -0.25) is 14.1 Å². The lowest BCUT2D eigenvalue weighted by Gasteiger charge is -2.22. The topological polar surface area (TPSA) is 112 Å². The monoisotopic (exact) mass is 574 g/mol. The molecule has 0 saturated heterocycles. The number of amides is 1. The number of ether oxygens (including phenoxy) is 2. The highest BCUT2D eigenvalue weighted by Gasteiger charge is 2.32. The first-order valence-electron chi connectivity index (χ1n) is 12.3. The van der Waals surface area contributed by atoms with Crippen LogP contribution in [0.4, 0.5) is 0 Å². The van der Waals surface area contributed by atoms with E-state index >= 15 is 0 Å². The maximum atomic E-state index is 13.4. The predicted molar refractivity (Wildman–Crippen MR) is 149 cm³/mol. The first-order chi connectivity index (χ1) is 18.7. The van der Waals surface area contributed by atoms with Gasteiger partial charge in [-0.05, 0) is 74.4 Å². The van der Waals surface area contributed by atoms with Gasteiger partial charge in [0, 0.05) is 11.6 Å². The summed E-state index contributed by atoms with van der Waals surface area (Å²) in [7, 11) is -2.74. The Morgan fingerprint density at radius 3 is 2.31 bits per heavy atom. The summed E-state index contributed by atoms with van der Waals surface area (Å²) in [5, 5.41) is 5.92. The zero-order valence-corrected chi connectivity index (χ0v) is 23.6. The lowest BCUT2D eigenvalue weighted by molar-refractivity contribution is -0.142. The minimum atomic E-state index is -3.97. The average Bonchev–Trinajstić information content (AvgIpc) is 2.93. The van der Waals surface area contributed by atoms with Crippen molar-refractivity contribution in [3.8, 4) is 17.2 Å². The van der Waals surface area contributed by atoms with Gasteiger partial charge in [0.25, 0.3) is 0 Å². The van der Waals surface area contributed by atoms with E-state index in [2.05, 4.69) is 15.1 Å². The number of hydrogen-bond donors (Lipinski definition) is 2. The number of rotatable bonds is 14. The zero-order valence-electron chi connectivity index (χ0n) is 22.0. The van der Waals surface area contributed by atoms with Crippen LogP contribution >= 0.6 is 19.3 Å². The number of halogens is 1. The van der Waals surface area contributed by atoms with Crippen molar-refractivity contribution in [1.82, 2.24) is 10.4 Å². The third-order valence-corrected chi connectivity index (χ3v) is 7.49. The van der Waals surface area contributed by atoms with Gasteiger partial charge in [-0.2, -0.15) is 5.09 Å². The third-order valence-electron chi connectivity index (χ3n) is 5.56. The summed E-state index contributed by atoms with van der Waals surface area (Å²) >= 11 is 5.90. The maximum absolute atomic E-state index is 13.4. The van der Waals surface area contributed by atoms with E-state index in [0.29, 0.717) is 22.9 Å².